The van der Waals surface area contributed by atoms with E-state index in [0.29, 0.717) is 12.0 Å². The number of carbonyl (C=O) groups excluding carboxylic acids is 1. The zero-order valence-electron chi connectivity index (χ0n) is 16.3. The third kappa shape index (κ3) is 5.76. The molecule has 2 aromatic carbocycles. The third-order valence-electron chi connectivity index (χ3n) is 4.76. The van der Waals surface area contributed by atoms with Gasteiger partial charge in [-0.2, -0.15) is 17.5 Å². The Hall–Kier alpha value is -2.14. The fraction of sp³-hybridized carbons (Fsp3) is 0.350. The maximum absolute atomic E-state index is 12.9. The van der Waals surface area contributed by atoms with Gasteiger partial charge >= 0.3 is 6.18 Å². The summed E-state index contributed by atoms with van der Waals surface area (Å²) in [6.07, 6.45) is -4.09. The molecule has 31 heavy (non-hydrogen) atoms. The molecule has 2 aromatic rings. The van der Waals surface area contributed by atoms with Crippen LogP contribution in [0.3, 0.4) is 0 Å². The van der Waals surface area contributed by atoms with Crippen molar-refractivity contribution in [1.29, 1.82) is 0 Å². The lowest BCUT2D eigenvalue weighted by molar-refractivity contribution is -0.137. The zero-order chi connectivity index (χ0) is 22.6. The standard InChI is InChI=1S/C20H20ClF3N2O4S/c21-17-6-3-15(13-18(17)31(28,29)26-9-11-30-12-10-26)19(27)25-8-7-14-1-4-16(5-2-14)20(22,23)24/h1-6,13H,7-12H2,(H,25,27). The highest BCUT2D eigenvalue weighted by atomic mass is 35.5. The van der Waals surface area contributed by atoms with E-state index in [1.54, 1.807) is 0 Å². The molecule has 1 N–H and O–H groups in total. The first-order chi connectivity index (χ1) is 14.6. The van der Waals surface area contributed by atoms with Gasteiger partial charge in [-0.05, 0) is 42.3 Å². The number of sulfonamides is 1. The van der Waals surface area contributed by atoms with Gasteiger partial charge in [0.2, 0.25) is 10.0 Å². The smallest absolute Gasteiger partial charge is 0.379 e. The Morgan fingerprint density at radius 1 is 1.10 bits per heavy atom. The zero-order valence-corrected chi connectivity index (χ0v) is 17.9. The van der Waals surface area contributed by atoms with Gasteiger partial charge in [0.05, 0.1) is 23.8 Å². The van der Waals surface area contributed by atoms with Crippen LogP contribution in [0.25, 0.3) is 0 Å². The van der Waals surface area contributed by atoms with Crippen LogP contribution in [0.2, 0.25) is 5.02 Å². The van der Waals surface area contributed by atoms with Gasteiger partial charge in [0, 0.05) is 25.2 Å². The van der Waals surface area contributed by atoms with Crippen molar-refractivity contribution < 1.29 is 31.1 Å². The molecule has 0 unspecified atom stereocenters. The predicted molar refractivity (Wildman–Crippen MR) is 109 cm³/mol. The van der Waals surface area contributed by atoms with E-state index in [4.69, 9.17) is 16.3 Å². The first kappa shape index (κ1) is 23.5. The van der Waals surface area contributed by atoms with Crippen LogP contribution in [0.5, 0.6) is 0 Å². The quantitative estimate of drug-likeness (QED) is 0.693. The summed E-state index contributed by atoms with van der Waals surface area (Å²) in [5.74, 6) is -0.512. The molecule has 1 heterocycles. The second-order valence-corrected chi connectivity index (χ2v) is 9.18. The van der Waals surface area contributed by atoms with Crippen LogP contribution in [0.4, 0.5) is 13.2 Å². The van der Waals surface area contributed by atoms with E-state index in [2.05, 4.69) is 5.32 Å². The normalized spacial score (nSPS) is 15.6. The topological polar surface area (TPSA) is 75.7 Å². The molecule has 1 amide bonds. The molecule has 3 rings (SSSR count). The number of benzene rings is 2. The van der Waals surface area contributed by atoms with E-state index in [1.165, 1.54) is 34.6 Å². The minimum absolute atomic E-state index is 0.00722. The molecule has 1 fully saturated rings. The summed E-state index contributed by atoms with van der Waals surface area (Å²) in [6.45, 7) is 1.12. The highest BCUT2D eigenvalue weighted by Gasteiger charge is 2.30. The average molecular weight is 477 g/mol. The van der Waals surface area contributed by atoms with E-state index < -0.39 is 27.7 Å². The number of halogens is 4. The number of amides is 1. The minimum Gasteiger partial charge on any atom is -0.379 e. The van der Waals surface area contributed by atoms with E-state index in [-0.39, 0.29) is 48.3 Å². The minimum atomic E-state index is -4.40. The SMILES string of the molecule is O=C(NCCc1ccc(C(F)(F)F)cc1)c1ccc(Cl)c(S(=O)(=O)N2CCOCC2)c1. The average Bonchev–Trinajstić information content (AvgIpc) is 2.74. The van der Waals surface area contributed by atoms with Crippen molar-refractivity contribution in [2.75, 3.05) is 32.8 Å². The number of morpholine rings is 1. The number of nitrogens with zero attached hydrogens (tertiary/aromatic N) is 1. The number of nitrogens with one attached hydrogen (secondary N) is 1. The molecule has 1 aliphatic rings. The molecule has 1 aliphatic heterocycles. The van der Waals surface area contributed by atoms with Crippen molar-refractivity contribution in [2.24, 2.45) is 0 Å². The number of hydrogen-bond donors (Lipinski definition) is 1. The van der Waals surface area contributed by atoms with Crippen LogP contribution < -0.4 is 5.32 Å². The summed E-state index contributed by atoms with van der Waals surface area (Å²) in [5.41, 5.74) is -0.000833. The first-order valence-electron chi connectivity index (χ1n) is 9.41. The molecule has 0 spiro atoms. The molecule has 0 aliphatic carbocycles. The van der Waals surface area contributed by atoms with E-state index in [0.717, 1.165) is 12.1 Å². The Labute approximate surface area is 183 Å². The fourth-order valence-corrected chi connectivity index (χ4v) is 4.96. The van der Waals surface area contributed by atoms with Gasteiger partial charge in [-0.3, -0.25) is 4.79 Å². The molecule has 1 saturated heterocycles. The Morgan fingerprint density at radius 3 is 2.35 bits per heavy atom. The lowest BCUT2D eigenvalue weighted by atomic mass is 10.1. The lowest BCUT2D eigenvalue weighted by Gasteiger charge is -2.26. The van der Waals surface area contributed by atoms with Gasteiger partial charge in [0.25, 0.3) is 5.91 Å². The van der Waals surface area contributed by atoms with Crippen molar-refractivity contribution in [3.8, 4) is 0 Å². The Morgan fingerprint density at radius 2 is 1.74 bits per heavy atom. The molecule has 11 heteroatoms. The molecule has 0 radical (unpaired) electrons. The Balaban J connectivity index is 1.65. The van der Waals surface area contributed by atoms with Crippen LogP contribution in [-0.4, -0.2) is 51.5 Å². The first-order valence-corrected chi connectivity index (χ1v) is 11.2. The van der Waals surface area contributed by atoms with Crippen LogP contribution in [-0.2, 0) is 27.4 Å². The summed E-state index contributed by atoms with van der Waals surface area (Å²) >= 11 is 6.08. The second-order valence-electron chi connectivity index (χ2n) is 6.86. The third-order valence-corrected chi connectivity index (χ3v) is 7.14. The number of hydrogen-bond acceptors (Lipinski definition) is 4. The number of carbonyl (C=O) groups is 1. The van der Waals surface area contributed by atoms with Crippen molar-refractivity contribution >= 4 is 27.5 Å². The molecule has 168 valence electrons. The Bertz CT molecular complexity index is 1040. The number of alkyl halides is 3. The van der Waals surface area contributed by atoms with Crippen LogP contribution >= 0.6 is 11.6 Å². The van der Waals surface area contributed by atoms with Gasteiger partial charge in [-0.1, -0.05) is 23.7 Å². The second kappa shape index (κ2) is 9.56. The molecule has 0 saturated carbocycles. The summed E-state index contributed by atoms with van der Waals surface area (Å²) in [5, 5.41) is 2.64. The monoisotopic (exact) mass is 476 g/mol. The van der Waals surface area contributed by atoms with E-state index in [1.807, 2.05) is 0 Å². The lowest BCUT2D eigenvalue weighted by Crippen LogP contribution is -2.40. The van der Waals surface area contributed by atoms with Gasteiger partial charge in [0.1, 0.15) is 4.90 Å². The molecule has 0 bridgehead atoms. The number of rotatable bonds is 6. The van der Waals surface area contributed by atoms with Crippen LogP contribution in [0.1, 0.15) is 21.5 Å². The summed E-state index contributed by atoms with van der Waals surface area (Å²) in [4.78, 5) is 12.3. The highest BCUT2D eigenvalue weighted by molar-refractivity contribution is 7.89. The van der Waals surface area contributed by atoms with Gasteiger partial charge < -0.3 is 10.1 Å². The molecular weight excluding hydrogens is 457 g/mol. The van der Waals surface area contributed by atoms with Gasteiger partial charge in [-0.15, -0.1) is 0 Å². The molecular formula is C20H20ClF3N2O4S. The summed E-state index contributed by atoms with van der Waals surface area (Å²) < 4.78 is 70.0. The fourth-order valence-electron chi connectivity index (χ4n) is 3.05. The largest absolute Gasteiger partial charge is 0.416 e. The van der Waals surface area contributed by atoms with E-state index in [9.17, 15) is 26.4 Å². The van der Waals surface area contributed by atoms with Gasteiger partial charge in [-0.25, -0.2) is 8.42 Å². The van der Waals surface area contributed by atoms with Crippen molar-refractivity contribution in [3.05, 3.63) is 64.2 Å². The predicted octanol–water partition coefficient (Wildman–Crippen LogP) is 3.35. The van der Waals surface area contributed by atoms with Crippen molar-refractivity contribution in [1.82, 2.24) is 9.62 Å². The molecule has 0 atom stereocenters. The van der Waals surface area contributed by atoms with Gasteiger partial charge in [0.15, 0.2) is 0 Å². The summed E-state index contributed by atoms with van der Waals surface area (Å²) in [6, 6.07) is 8.65. The molecule has 0 aromatic heterocycles. The van der Waals surface area contributed by atoms with E-state index >= 15 is 0 Å². The van der Waals surface area contributed by atoms with Crippen LogP contribution in [0, 0.1) is 0 Å². The van der Waals surface area contributed by atoms with Crippen LogP contribution in [0.15, 0.2) is 47.4 Å². The maximum atomic E-state index is 12.9. The number of ether oxygens (including phenoxy) is 1. The maximum Gasteiger partial charge on any atom is 0.416 e. The van der Waals surface area contributed by atoms with Crippen molar-refractivity contribution in [2.45, 2.75) is 17.5 Å². The summed E-state index contributed by atoms with van der Waals surface area (Å²) in [7, 11) is -3.88. The Kier molecular flexibility index (Phi) is 7.25. The highest BCUT2D eigenvalue weighted by Crippen LogP contribution is 2.29. The van der Waals surface area contributed by atoms with Crippen molar-refractivity contribution in [3.63, 3.8) is 0 Å². The molecule has 6 nitrogen and oxygen atoms in total.